The molecule has 0 unspecified atom stereocenters. The summed E-state index contributed by atoms with van der Waals surface area (Å²) >= 11 is 0. The second-order valence-corrected chi connectivity index (χ2v) is 6.33. The molecule has 1 amide bonds. The Bertz CT molecular complexity index is 756. The Morgan fingerprint density at radius 2 is 1.67 bits per heavy atom. The molecule has 0 aromatic heterocycles. The number of hydrogen-bond acceptors (Lipinski definition) is 3. The SMILES string of the molecule is CC(=O)Nc1ccc(C)cc1NS(=O)(=O)c1ccccc1. The molecule has 0 radical (unpaired) electrons. The number of benzene rings is 2. The van der Waals surface area contributed by atoms with Crippen molar-refractivity contribution in [1.82, 2.24) is 0 Å². The van der Waals surface area contributed by atoms with Crippen molar-refractivity contribution >= 4 is 27.3 Å². The molecule has 2 rings (SSSR count). The molecule has 21 heavy (non-hydrogen) atoms. The molecule has 2 aromatic rings. The Balaban J connectivity index is 2.39. The van der Waals surface area contributed by atoms with E-state index in [4.69, 9.17) is 0 Å². The molecule has 0 bridgehead atoms. The number of rotatable bonds is 4. The van der Waals surface area contributed by atoms with Gasteiger partial charge in [0, 0.05) is 6.92 Å². The first-order valence-corrected chi connectivity index (χ1v) is 7.83. The molecule has 0 spiro atoms. The van der Waals surface area contributed by atoms with Crippen LogP contribution in [0.3, 0.4) is 0 Å². The largest absolute Gasteiger partial charge is 0.325 e. The molecule has 0 saturated carbocycles. The van der Waals surface area contributed by atoms with Gasteiger partial charge < -0.3 is 5.32 Å². The first-order valence-electron chi connectivity index (χ1n) is 6.34. The fraction of sp³-hybridized carbons (Fsp3) is 0.133. The normalized spacial score (nSPS) is 11.0. The number of carbonyl (C=O) groups is 1. The number of amides is 1. The third-order valence-electron chi connectivity index (χ3n) is 2.78. The van der Waals surface area contributed by atoms with Crippen LogP contribution in [0.1, 0.15) is 12.5 Å². The molecule has 0 aliphatic heterocycles. The van der Waals surface area contributed by atoms with E-state index in [1.807, 2.05) is 6.92 Å². The van der Waals surface area contributed by atoms with Gasteiger partial charge in [0.2, 0.25) is 5.91 Å². The van der Waals surface area contributed by atoms with Crippen LogP contribution in [0.5, 0.6) is 0 Å². The van der Waals surface area contributed by atoms with Gasteiger partial charge in [-0.2, -0.15) is 0 Å². The summed E-state index contributed by atoms with van der Waals surface area (Å²) in [5, 5.41) is 2.61. The maximum absolute atomic E-state index is 12.3. The number of carbonyl (C=O) groups excluding carboxylic acids is 1. The zero-order chi connectivity index (χ0) is 15.5. The molecule has 110 valence electrons. The van der Waals surface area contributed by atoms with E-state index in [2.05, 4.69) is 10.0 Å². The number of nitrogens with one attached hydrogen (secondary N) is 2. The van der Waals surface area contributed by atoms with E-state index in [0.29, 0.717) is 11.4 Å². The van der Waals surface area contributed by atoms with Crippen LogP contribution in [0, 0.1) is 6.92 Å². The quantitative estimate of drug-likeness (QED) is 0.912. The predicted octanol–water partition coefficient (Wildman–Crippen LogP) is 2.75. The first-order chi connectivity index (χ1) is 9.88. The molecule has 5 nitrogen and oxygen atoms in total. The second-order valence-electron chi connectivity index (χ2n) is 4.65. The zero-order valence-corrected chi connectivity index (χ0v) is 12.6. The van der Waals surface area contributed by atoms with Crippen molar-refractivity contribution in [2.45, 2.75) is 18.7 Å². The van der Waals surface area contributed by atoms with Crippen molar-refractivity contribution < 1.29 is 13.2 Å². The standard InChI is InChI=1S/C15H16N2O3S/c1-11-8-9-14(16-12(2)18)15(10-11)17-21(19,20)13-6-4-3-5-7-13/h3-10,17H,1-2H3,(H,16,18). The Hall–Kier alpha value is -2.34. The van der Waals surface area contributed by atoms with E-state index >= 15 is 0 Å². The third kappa shape index (κ3) is 3.82. The predicted molar refractivity (Wildman–Crippen MR) is 82.7 cm³/mol. The van der Waals surface area contributed by atoms with E-state index in [-0.39, 0.29) is 10.8 Å². The van der Waals surface area contributed by atoms with Gasteiger partial charge in [0.25, 0.3) is 10.0 Å². The summed E-state index contributed by atoms with van der Waals surface area (Å²) in [5.74, 6) is -0.265. The number of sulfonamides is 1. The van der Waals surface area contributed by atoms with Gasteiger partial charge in [-0.25, -0.2) is 8.42 Å². The van der Waals surface area contributed by atoms with Gasteiger partial charge in [-0.3, -0.25) is 9.52 Å². The molecule has 2 aromatic carbocycles. The average molecular weight is 304 g/mol. The minimum atomic E-state index is -3.69. The second kappa shape index (κ2) is 5.97. The highest BCUT2D eigenvalue weighted by atomic mass is 32.2. The summed E-state index contributed by atoms with van der Waals surface area (Å²) in [5.41, 5.74) is 1.65. The minimum Gasteiger partial charge on any atom is -0.325 e. The molecule has 0 fully saturated rings. The summed E-state index contributed by atoms with van der Waals surface area (Å²) < 4.78 is 27.2. The van der Waals surface area contributed by atoms with Crippen molar-refractivity contribution in [3.8, 4) is 0 Å². The molecular formula is C15H16N2O3S. The highest BCUT2D eigenvalue weighted by Crippen LogP contribution is 2.26. The van der Waals surface area contributed by atoms with Crippen LogP contribution in [0.25, 0.3) is 0 Å². The van der Waals surface area contributed by atoms with Gasteiger partial charge in [0.05, 0.1) is 16.3 Å². The van der Waals surface area contributed by atoms with Gasteiger partial charge in [0.15, 0.2) is 0 Å². The van der Waals surface area contributed by atoms with Gasteiger partial charge in [0.1, 0.15) is 0 Å². The molecule has 0 aliphatic rings. The Labute approximate surface area is 124 Å². The van der Waals surface area contributed by atoms with Gasteiger partial charge in [-0.15, -0.1) is 0 Å². The number of hydrogen-bond donors (Lipinski definition) is 2. The van der Waals surface area contributed by atoms with Gasteiger partial charge in [-0.1, -0.05) is 24.3 Å². The maximum atomic E-state index is 12.3. The minimum absolute atomic E-state index is 0.167. The fourth-order valence-electron chi connectivity index (χ4n) is 1.84. The summed E-state index contributed by atoms with van der Waals surface area (Å²) in [6, 6.07) is 13.2. The number of anilines is 2. The van der Waals surface area contributed by atoms with Crippen molar-refractivity contribution in [2.24, 2.45) is 0 Å². The van der Waals surface area contributed by atoms with E-state index in [9.17, 15) is 13.2 Å². The highest BCUT2D eigenvalue weighted by molar-refractivity contribution is 7.92. The van der Waals surface area contributed by atoms with Crippen LogP contribution >= 0.6 is 0 Å². The van der Waals surface area contributed by atoms with Crippen LogP contribution < -0.4 is 10.0 Å². The van der Waals surface area contributed by atoms with Crippen molar-refractivity contribution in [3.05, 3.63) is 54.1 Å². The maximum Gasteiger partial charge on any atom is 0.261 e. The Morgan fingerprint density at radius 1 is 1.00 bits per heavy atom. The first kappa shape index (κ1) is 15.1. The van der Waals surface area contributed by atoms with Crippen molar-refractivity contribution in [2.75, 3.05) is 10.0 Å². The number of aryl methyl sites for hydroxylation is 1. The van der Waals surface area contributed by atoms with Crippen LogP contribution in [-0.4, -0.2) is 14.3 Å². The third-order valence-corrected chi connectivity index (χ3v) is 4.17. The average Bonchev–Trinajstić information content (AvgIpc) is 2.42. The van der Waals surface area contributed by atoms with Crippen LogP contribution in [0.15, 0.2) is 53.4 Å². The van der Waals surface area contributed by atoms with E-state index in [0.717, 1.165) is 5.56 Å². The smallest absolute Gasteiger partial charge is 0.261 e. The monoisotopic (exact) mass is 304 g/mol. The zero-order valence-electron chi connectivity index (χ0n) is 11.8. The summed E-state index contributed by atoms with van der Waals surface area (Å²) in [7, 11) is -3.69. The van der Waals surface area contributed by atoms with E-state index in [1.54, 1.807) is 36.4 Å². The fourth-order valence-corrected chi connectivity index (χ4v) is 2.94. The summed E-state index contributed by atoms with van der Waals surface area (Å²) in [6.45, 7) is 3.22. The lowest BCUT2D eigenvalue weighted by atomic mass is 10.2. The molecule has 0 heterocycles. The summed E-state index contributed by atoms with van der Waals surface area (Å²) in [6.07, 6.45) is 0. The van der Waals surface area contributed by atoms with Crippen LogP contribution in [0.4, 0.5) is 11.4 Å². The van der Waals surface area contributed by atoms with Crippen LogP contribution in [0.2, 0.25) is 0 Å². The topological polar surface area (TPSA) is 75.3 Å². The molecular weight excluding hydrogens is 288 g/mol. The lowest BCUT2D eigenvalue weighted by Crippen LogP contribution is -2.15. The Kier molecular flexibility index (Phi) is 4.28. The molecule has 0 atom stereocenters. The van der Waals surface area contributed by atoms with E-state index in [1.165, 1.54) is 19.1 Å². The molecule has 6 heteroatoms. The summed E-state index contributed by atoms with van der Waals surface area (Å²) in [4.78, 5) is 11.4. The van der Waals surface area contributed by atoms with Gasteiger partial charge in [-0.05, 0) is 36.8 Å². The lowest BCUT2D eigenvalue weighted by molar-refractivity contribution is -0.114. The van der Waals surface area contributed by atoms with Crippen LogP contribution in [-0.2, 0) is 14.8 Å². The highest BCUT2D eigenvalue weighted by Gasteiger charge is 2.16. The molecule has 0 aliphatic carbocycles. The van der Waals surface area contributed by atoms with Crippen molar-refractivity contribution in [1.29, 1.82) is 0 Å². The molecule has 0 saturated heterocycles. The molecule has 2 N–H and O–H groups in total. The Morgan fingerprint density at radius 3 is 2.29 bits per heavy atom. The van der Waals surface area contributed by atoms with Crippen molar-refractivity contribution in [3.63, 3.8) is 0 Å². The van der Waals surface area contributed by atoms with Gasteiger partial charge >= 0.3 is 0 Å². The van der Waals surface area contributed by atoms with E-state index < -0.39 is 10.0 Å². The lowest BCUT2D eigenvalue weighted by Gasteiger charge is -2.13.